The Morgan fingerprint density at radius 1 is 1.47 bits per heavy atom. The predicted molar refractivity (Wildman–Crippen MR) is 70.9 cm³/mol. The van der Waals surface area contributed by atoms with Crippen molar-refractivity contribution in [2.24, 2.45) is 13.0 Å². The molecule has 4 N–H and O–H groups in total. The summed E-state index contributed by atoms with van der Waals surface area (Å²) < 4.78 is 1.75. The SMILES string of the molecule is CCc1nn(C)c(NC(CO)CC(C)C)c1N. The molecule has 0 amide bonds. The summed E-state index contributed by atoms with van der Waals surface area (Å²) in [6, 6.07) is 0.0254. The van der Waals surface area contributed by atoms with E-state index in [1.54, 1.807) is 4.68 Å². The quantitative estimate of drug-likeness (QED) is 0.702. The molecule has 0 radical (unpaired) electrons. The van der Waals surface area contributed by atoms with E-state index in [0.717, 1.165) is 24.4 Å². The summed E-state index contributed by atoms with van der Waals surface area (Å²) in [6.45, 7) is 6.40. The van der Waals surface area contributed by atoms with Gasteiger partial charge in [0.1, 0.15) is 5.82 Å². The van der Waals surface area contributed by atoms with Crippen molar-refractivity contribution in [1.29, 1.82) is 0 Å². The zero-order valence-corrected chi connectivity index (χ0v) is 11.2. The topological polar surface area (TPSA) is 76.1 Å². The van der Waals surface area contributed by atoms with Crippen LogP contribution in [-0.2, 0) is 13.5 Å². The Balaban J connectivity index is 2.82. The van der Waals surface area contributed by atoms with Gasteiger partial charge < -0.3 is 16.2 Å². The number of aromatic nitrogens is 2. The second kappa shape index (κ2) is 5.91. The van der Waals surface area contributed by atoms with Crippen LogP contribution in [0.5, 0.6) is 0 Å². The van der Waals surface area contributed by atoms with Crippen molar-refractivity contribution in [3.63, 3.8) is 0 Å². The summed E-state index contributed by atoms with van der Waals surface area (Å²) in [6.07, 6.45) is 1.72. The molecule has 5 heteroatoms. The highest BCUT2D eigenvalue weighted by molar-refractivity contribution is 5.65. The maximum absolute atomic E-state index is 9.35. The minimum absolute atomic E-state index is 0.0254. The van der Waals surface area contributed by atoms with Crippen LogP contribution < -0.4 is 11.1 Å². The van der Waals surface area contributed by atoms with E-state index in [4.69, 9.17) is 5.73 Å². The number of aliphatic hydroxyl groups excluding tert-OH is 1. The van der Waals surface area contributed by atoms with Crippen molar-refractivity contribution < 1.29 is 5.11 Å². The summed E-state index contributed by atoms with van der Waals surface area (Å²) >= 11 is 0. The number of anilines is 2. The third-order valence-electron chi connectivity index (χ3n) is 2.81. The van der Waals surface area contributed by atoms with E-state index < -0.39 is 0 Å². The number of hydrogen-bond acceptors (Lipinski definition) is 4. The molecule has 0 aromatic carbocycles. The van der Waals surface area contributed by atoms with E-state index in [9.17, 15) is 5.11 Å². The van der Waals surface area contributed by atoms with Crippen LogP contribution in [0.2, 0.25) is 0 Å². The minimum Gasteiger partial charge on any atom is -0.394 e. The van der Waals surface area contributed by atoms with E-state index in [0.29, 0.717) is 11.6 Å². The highest BCUT2D eigenvalue weighted by Crippen LogP contribution is 2.24. The lowest BCUT2D eigenvalue weighted by atomic mass is 10.0. The monoisotopic (exact) mass is 240 g/mol. The number of nitrogens with one attached hydrogen (secondary N) is 1. The maximum atomic E-state index is 9.35. The summed E-state index contributed by atoms with van der Waals surface area (Å²) in [5, 5.41) is 17.0. The number of nitrogens with zero attached hydrogens (tertiary/aromatic N) is 2. The Hall–Kier alpha value is -1.23. The van der Waals surface area contributed by atoms with Crippen LogP contribution in [0.1, 0.15) is 32.9 Å². The second-order valence-electron chi connectivity index (χ2n) is 4.84. The Morgan fingerprint density at radius 3 is 2.53 bits per heavy atom. The van der Waals surface area contributed by atoms with Crippen LogP contribution in [0.25, 0.3) is 0 Å². The van der Waals surface area contributed by atoms with Crippen molar-refractivity contribution in [2.45, 2.75) is 39.7 Å². The van der Waals surface area contributed by atoms with Crippen LogP contribution in [0.3, 0.4) is 0 Å². The molecule has 1 aromatic heterocycles. The fraction of sp³-hybridized carbons (Fsp3) is 0.750. The highest BCUT2D eigenvalue weighted by Gasteiger charge is 2.16. The molecular weight excluding hydrogens is 216 g/mol. The summed E-state index contributed by atoms with van der Waals surface area (Å²) in [5.74, 6) is 1.33. The number of nitrogen functional groups attached to an aromatic ring is 1. The van der Waals surface area contributed by atoms with Gasteiger partial charge >= 0.3 is 0 Å². The van der Waals surface area contributed by atoms with E-state index in [1.165, 1.54) is 0 Å². The molecule has 0 saturated heterocycles. The molecule has 0 saturated carbocycles. The van der Waals surface area contributed by atoms with E-state index in [1.807, 2.05) is 14.0 Å². The maximum Gasteiger partial charge on any atom is 0.148 e. The third kappa shape index (κ3) is 3.36. The first kappa shape index (κ1) is 13.8. The van der Waals surface area contributed by atoms with E-state index in [2.05, 4.69) is 24.3 Å². The highest BCUT2D eigenvalue weighted by atomic mass is 16.3. The molecule has 5 nitrogen and oxygen atoms in total. The molecule has 17 heavy (non-hydrogen) atoms. The average molecular weight is 240 g/mol. The van der Waals surface area contributed by atoms with E-state index >= 15 is 0 Å². The molecule has 0 aliphatic carbocycles. The first-order chi connectivity index (χ1) is 7.99. The van der Waals surface area contributed by atoms with E-state index in [-0.39, 0.29) is 12.6 Å². The first-order valence-electron chi connectivity index (χ1n) is 6.18. The Kier molecular flexibility index (Phi) is 4.81. The molecule has 0 fully saturated rings. The van der Waals surface area contributed by atoms with Crippen molar-refractivity contribution in [3.05, 3.63) is 5.69 Å². The van der Waals surface area contributed by atoms with Crippen molar-refractivity contribution in [2.75, 3.05) is 17.7 Å². The van der Waals surface area contributed by atoms with Gasteiger partial charge in [0.2, 0.25) is 0 Å². The van der Waals surface area contributed by atoms with Crippen LogP contribution in [0, 0.1) is 5.92 Å². The fourth-order valence-electron chi connectivity index (χ4n) is 1.97. The smallest absolute Gasteiger partial charge is 0.148 e. The number of nitrogens with two attached hydrogens (primary N) is 1. The van der Waals surface area contributed by atoms with Gasteiger partial charge in [-0.25, -0.2) is 0 Å². The van der Waals surface area contributed by atoms with Gasteiger partial charge in [0.05, 0.1) is 24.0 Å². The number of rotatable bonds is 6. The lowest BCUT2D eigenvalue weighted by molar-refractivity contribution is 0.259. The summed E-state index contributed by atoms with van der Waals surface area (Å²) in [7, 11) is 1.86. The lowest BCUT2D eigenvalue weighted by Crippen LogP contribution is -2.27. The van der Waals surface area contributed by atoms with Gasteiger partial charge in [0, 0.05) is 7.05 Å². The largest absolute Gasteiger partial charge is 0.394 e. The molecule has 0 aliphatic rings. The normalized spacial score (nSPS) is 13.1. The van der Waals surface area contributed by atoms with Crippen LogP contribution in [-0.4, -0.2) is 27.5 Å². The van der Waals surface area contributed by atoms with Crippen LogP contribution >= 0.6 is 0 Å². The Morgan fingerprint density at radius 2 is 2.12 bits per heavy atom. The van der Waals surface area contributed by atoms with Crippen LogP contribution in [0.4, 0.5) is 11.5 Å². The first-order valence-corrected chi connectivity index (χ1v) is 6.18. The van der Waals surface area contributed by atoms with Crippen molar-refractivity contribution >= 4 is 11.5 Å². The zero-order chi connectivity index (χ0) is 13.0. The van der Waals surface area contributed by atoms with Crippen LogP contribution in [0.15, 0.2) is 0 Å². The number of hydrogen-bond donors (Lipinski definition) is 3. The standard InChI is InChI=1S/C12H24N4O/c1-5-10-11(13)12(16(4)15-10)14-9(7-17)6-8(2)3/h8-9,14,17H,5-7,13H2,1-4H3. The summed E-state index contributed by atoms with van der Waals surface area (Å²) in [5.41, 5.74) is 7.61. The van der Waals surface area contributed by atoms with Gasteiger partial charge in [-0.2, -0.15) is 5.10 Å². The average Bonchev–Trinajstić information content (AvgIpc) is 2.54. The van der Waals surface area contributed by atoms with Gasteiger partial charge in [-0.15, -0.1) is 0 Å². The Labute approximate surface area is 103 Å². The summed E-state index contributed by atoms with van der Waals surface area (Å²) in [4.78, 5) is 0. The van der Waals surface area contributed by atoms with Gasteiger partial charge in [-0.05, 0) is 18.8 Å². The molecule has 1 atom stereocenters. The number of aliphatic hydroxyl groups is 1. The zero-order valence-electron chi connectivity index (χ0n) is 11.2. The van der Waals surface area contributed by atoms with Crippen molar-refractivity contribution in [3.8, 4) is 0 Å². The molecule has 0 aliphatic heterocycles. The molecule has 1 rings (SSSR count). The molecule has 1 heterocycles. The van der Waals surface area contributed by atoms with Gasteiger partial charge in [0.25, 0.3) is 0 Å². The third-order valence-corrected chi connectivity index (χ3v) is 2.81. The molecule has 1 unspecified atom stereocenters. The van der Waals surface area contributed by atoms with Gasteiger partial charge in [0.15, 0.2) is 0 Å². The minimum atomic E-state index is 0.0254. The molecule has 1 aromatic rings. The number of aryl methyl sites for hydroxylation is 2. The molecule has 98 valence electrons. The fourth-order valence-corrected chi connectivity index (χ4v) is 1.97. The van der Waals surface area contributed by atoms with Crippen molar-refractivity contribution in [1.82, 2.24) is 9.78 Å². The molecular formula is C12H24N4O. The second-order valence-corrected chi connectivity index (χ2v) is 4.84. The molecule has 0 spiro atoms. The molecule has 0 bridgehead atoms. The lowest BCUT2D eigenvalue weighted by Gasteiger charge is -2.19. The van der Waals surface area contributed by atoms with Gasteiger partial charge in [-0.1, -0.05) is 20.8 Å². The van der Waals surface area contributed by atoms with Gasteiger partial charge in [-0.3, -0.25) is 4.68 Å². The Bertz CT molecular complexity index is 360. The predicted octanol–water partition coefficient (Wildman–Crippen LogP) is 1.38.